The predicted molar refractivity (Wildman–Crippen MR) is 99.6 cm³/mol. The zero-order chi connectivity index (χ0) is 19.5. The van der Waals surface area contributed by atoms with Gasteiger partial charge >= 0.3 is 0 Å². The van der Waals surface area contributed by atoms with Gasteiger partial charge in [-0.1, -0.05) is 5.16 Å². The summed E-state index contributed by atoms with van der Waals surface area (Å²) in [5, 5.41) is 10.6. The number of nitrogens with zero attached hydrogens (tertiary/aromatic N) is 5. The summed E-state index contributed by atoms with van der Waals surface area (Å²) >= 11 is 0. The molecule has 0 aromatic carbocycles. The second-order valence-electron chi connectivity index (χ2n) is 6.85. The second kappa shape index (κ2) is 7.89. The van der Waals surface area contributed by atoms with E-state index in [2.05, 4.69) is 25.3 Å². The second-order valence-corrected chi connectivity index (χ2v) is 6.85. The first-order chi connectivity index (χ1) is 13.6. The van der Waals surface area contributed by atoms with Crippen LogP contribution in [0.1, 0.15) is 34.1 Å². The van der Waals surface area contributed by atoms with Crippen molar-refractivity contribution in [2.75, 3.05) is 19.7 Å². The van der Waals surface area contributed by atoms with E-state index in [0.717, 1.165) is 41.2 Å². The Morgan fingerprint density at radius 3 is 3.00 bits per heavy atom. The lowest BCUT2D eigenvalue weighted by molar-refractivity contribution is -0.0248. The number of carbonyl (C=O) groups excluding carboxylic acids is 1. The molecule has 1 N–H and O–H groups in total. The fourth-order valence-corrected chi connectivity index (χ4v) is 3.45. The topological polar surface area (TPSA) is 110 Å². The lowest BCUT2D eigenvalue weighted by Crippen LogP contribution is -2.45. The van der Waals surface area contributed by atoms with Crippen LogP contribution in [0.25, 0.3) is 11.3 Å². The van der Waals surface area contributed by atoms with Crippen LogP contribution in [-0.4, -0.2) is 61.9 Å². The summed E-state index contributed by atoms with van der Waals surface area (Å²) in [6.07, 6.45) is 4.61. The van der Waals surface area contributed by atoms with Gasteiger partial charge in [0.15, 0.2) is 0 Å². The van der Waals surface area contributed by atoms with Crippen LogP contribution in [-0.2, 0) is 11.2 Å². The Bertz CT molecular complexity index is 933. The van der Waals surface area contributed by atoms with Gasteiger partial charge in [-0.15, -0.1) is 0 Å². The molecule has 0 saturated carbocycles. The summed E-state index contributed by atoms with van der Waals surface area (Å²) in [7, 11) is 0. The van der Waals surface area contributed by atoms with Crippen molar-refractivity contribution in [2.24, 2.45) is 0 Å². The molecular formula is C19H22N6O3. The van der Waals surface area contributed by atoms with Gasteiger partial charge in [-0.05, 0) is 38.8 Å². The van der Waals surface area contributed by atoms with Gasteiger partial charge in [-0.2, -0.15) is 5.10 Å². The summed E-state index contributed by atoms with van der Waals surface area (Å²) in [6, 6.07) is 3.65. The first-order valence-corrected chi connectivity index (χ1v) is 9.26. The molecule has 0 radical (unpaired) electrons. The number of amides is 1. The summed E-state index contributed by atoms with van der Waals surface area (Å²) in [5.74, 6) is 0.694. The predicted octanol–water partition coefficient (Wildman–Crippen LogP) is 1.95. The molecule has 4 rings (SSSR count). The molecule has 9 nitrogen and oxygen atoms in total. The van der Waals surface area contributed by atoms with E-state index in [1.54, 1.807) is 23.5 Å². The molecule has 0 spiro atoms. The molecule has 0 bridgehead atoms. The Morgan fingerprint density at radius 1 is 1.36 bits per heavy atom. The molecule has 1 atom stereocenters. The number of aryl methyl sites for hydroxylation is 3. The van der Waals surface area contributed by atoms with Crippen molar-refractivity contribution in [2.45, 2.75) is 32.8 Å². The molecule has 0 aliphatic carbocycles. The standard InChI is InChI=1S/C19H22N6O3/c1-12-18(13(2)28-24-12)17-9-14(20-11-21-17)3-4-15-10-25(7-8-27-15)19(26)16-5-6-22-23-16/h5-6,9,11,15H,3-4,7-8,10H2,1-2H3,(H,22,23). The Balaban J connectivity index is 1.39. The van der Waals surface area contributed by atoms with Crippen molar-refractivity contribution < 1.29 is 14.1 Å². The van der Waals surface area contributed by atoms with Gasteiger partial charge < -0.3 is 14.2 Å². The van der Waals surface area contributed by atoms with Crippen LogP contribution in [0.2, 0.25) is 0 Å². The lowest BCUT2D eigenvalue weighted by atomic mass is 10.1. The maximum atomic E-state index is 12.5. The molecule has 3 aromatic rings. The van der Waals surface area contributed by atoms with Crippen molar-refractivity contribution in [3.8, 4) is 11.3 Å². The van der Waals surface area contributed by atoms with Crippen molar-refractivity contribution in [3.63, 3.8) is 0 Å². The number of aromatic amines is 1. The smallest absolute Gasteiger partial charge is 0.272 e. The summed E-state index contributed by atoms with van der Waals surface area (Å²) < 4.78 is 11.1. The van der Waals surface area contributed by atoms with Crippen molar-refractivity contribution in [1.82, 2.24) is 30.2 Å². The number of carbonyl (C=O) groups is 1. The average molecular weight is 382 g/mol. The van der Waals surface area contributed by atoms with Crippen molar-refractivity contribution >= 4 is 5.91 Å². The molecule has 1 fully saturated rings. The van der Waals surface area contributed by atoms with E-state index in [0.29, 0.717) is 25.4 Å². The Kier molecular flexibility index (Phi) is 5.16. The van der Waals surface area contributed by atoms with E-state index in [4.69, 9.17) is 9.26 Å². The highest BCUT2D eigenvalue weighted by Crippen LogP contribution is 2.25. The Morgan fingerprint density at radius 2 is 2.25 bits per heavy atom. The lowest BCUT2D eigenvalue weighted by Gasteiger charge is -2.32. The van der Waals surface area contributed by atoms with E-state index in [-0.39, 0.29) is 12.0 Å². The molecule has 9 heteroatoms. The third-order valence-electron chi connectivity index (χ3n) is 4.89. The highest BCUT2D eigenvalue weighted by atomic mass is 16.5. The van der Waals surface area contributed by atoms with Crippen LogP contribution in [0, 0.1) is 13.8 Å². The monoisotopic (exact) mass is 382 g/mol. The molecule has 3 aromatic heterocycles. The van der Waals surface area contributed by atoms with E-state index in [1.165, 1.54) is 0 Å². The van der Waals surface area contributed by atoms with E-state index < -0.39 is 0 Å². The molecule has 1 saturated heterocycles. The van der Waals surface area contributed by atoms with E-state index in [9.17, 15) is 4.79 Å². The van der Waals surface area contributed by atoms with Gasteiger partial charge in [0.25, 0.3) is 5.91 Å². The molecule has 1 aliphatic rings. The van der Waals surface area contributed by atoms with Gasteiger partial charge in [0, 0.05) is 25.0 Å². The van der Waals surface area contributed by atoms with Crippen LogP contribution in [0.3, 0.4) is 0 Å². The SMILES string of the molecule is Cc1noc(C)c1-c1cc(CCC2CN(C(=O)c3ccn[nH]3)CCO2)ncn1. The normalized spacial score (nSPS) is 17.1. The number of hydrogen-bond donors (Lipinski definition) is 1. The summed E-state index contributed by atoms with van der Waals surface area (Å²) in [4.78, 5) is 23.0. The third kappa shape index (κ3) is 3.79. The molecule has 146 valence electrons. The molecule has 1 aliphatic heterocycles. The van der Waals surface area contributed by atoms with Crippen molar-refractivity contribution in [1.29, 1.82) is 0 Å². The van der Waals surface area contributed by atoms with Gasteiger partial charge in [0.1, 0.15) is 17.8 Å². The van der Waals surface area contributed by atoms with Crippen LogP contribution in [0.4, 0.5) is 0 Å². The minimum absolute atomic E-state index is 0.0295. The fraction of sp³-hybridized carbons (Fsp3) is 0.421. The first kappa shape index (κ1) is 18.3. The molecule has 4 heterocycles. The molecule has 1 amide bonds. The first-order valence-electron chi connectivity index (χ1n) is 9.26. The molecule has 1 unspecified atom stereocenters. The number of nitrogens with one attached hydrogen (secondary N) is 1. The number of aromatic nitrogens is 5. The maximum Gasteiger partial charge on any atom is 0.272 e. The maximum absolute atomic E-state index is 12.5. The highest BCUT2D eigenvalue weighted by molar-refractivity contribution is 5.92. The largest absolute Gasteiger partial charge is 0.375 e. The van der Waals surface area contributed by atoms with E-state index in [1.807, 2.05) is 19.9 Å². The Hall–Kier alpha value is -3.07. The quantitative estimate of drug-likeness (QED) is 0.718. The third-order valence-corrected chi connectivity index (χ3v) is 4.89. The number of hydrogen-bond acceptors (Lipinski definition) is 7. The fourth-order valence-electron chi connectivity index (χ4n) is 3.45. The van der Waals surface area contributed by atoms with Crippen molar-refractivity contribution in [3.05, 3.63) is 47.5 Å². The molecular weight excluding hydrogens is 360 g/mol. The van der Waals surface area contributed by atoms with Gasteiger partial charge in [0.05, 0.1) is 29.7 Å². The Labute approximate surface area is 162 Å². The van der Waals surface area contributed by atoms with Gasteiger partial charge in [0.2, 0.25) is 0 Å². The van der Waals surface area contributed by atoms with Gasteiger partial charge in [-0.25, -0.2) is 9.97 Å². The summed E-state index contributed by atoms with van der Waals surface area (Å²) in [6.45, 7) is 5.43. The zero-order valence-corrected chi connectivity index (χ0v) is 15.9. The minimum Gasteiger partial charge on any atom is -0.375 e. The summed E-state index contributed by atoms with van der Waals surface area (Å²) in [5.41, 5.74) is 3.95. The number of rotatable bonds is 5. The van der Waals surface area contributed by atoms with Crippen LogP contribution in [0.15, 0.2) is 29.2 Å². The van der Waals surface area contributed by atoms with Crippen LogP contribution in [0.5, 0.6) is 0 Å². The number of ether oxygens (including phenoxy) is 1. The van der Waals surface area contributed by atoms with E-state index >= 15 is 0 Å². The van der Waals surface area contributed by atoms with Crippen LogP contribution < -0.4 is 0 Å². The molecule has 28 heavy (non-hydrogen) atoms. The van der Waals surface area contributed by atoms with Crippen LogP contribution >= 0.6 is 0 Å². The average Bonchev–Trinajstić information content (AvgIpc) is 3.36. The number of H-pyrrole nitrogens is 1. The highest BCUT2D eigenvalue weighted by Gasteiger charge is 2.25. The number of morpholine rings is 1. The van der Waals surface area contributed by atoms with Gasteiger partial charge in [-0.3, -0.25) is 9.89 Å². The zero-order valence-electron chi connectivity index (χ0n) is 15.9. The minimum atomic E-state index is -0.0477.